The average molecular weight is 276 g/mol. The molecule has 0 aliphatic heterocycles. The molecule has 1 fully saturated rings. The first-order chi connectivity index (χ1) is 9.69. The van der Waals surface area contributed by atoms with E-state index in [1.165, 1.54) is 31.2 Å². The van der Waals surface area contributed by atoms with E-state index in [-0.39, 0.29) is 12.1 Å². The fourth-order valence-electron chi connectivity index (χ4n) is 2.46. The van der Waals surface area contributed by atoms with Crippen LogP contribution in [0.3, 0.4) is 0 Å². The number of nitrogens with two attached hydrogens (primary N) is 1. The first-order valence-corrected chi connectivity index (χ1v) is 7.89. The Labute approximate surface area is 122 Å². The molecule has 1 aliphatic rings. The van der Waals surface area contributed by atoms with E-state index in [0.29, 0.717) is 6.54 Å². The van der Waals surface area contributed by atoms with Gasteiger partial charge in [0.05, 0.1) is 6.10 Å². The van der Waals surface area contributed by atoms with Crippen LogP contribution in [0.2, 0.25) is 0 Å². The van der Waals surface area contributed by atoms with Crippen LogP contribution >= 0.6 is 0 Å². The van der Waals surface area contributed by atoms with Crippen molar-refractivity contribution in [2.75, 3.05) is 13.1 Å². The predicted octanol–water partition coefficient (Wildman–Crippen LogP) is 3.25. The van der Waals surface area contributed by atoms with Crippen molar-refractivity contribution in [3.8, 4) is 5.75 Å². The zero-order valence-electron chi connectivity index (χ0n) is 12.8. The van der Waals surface area contributed by atoms with Gasteiger partial charge in [0.2, 0.25) is 0 Å². The van der Waals surface area contributed by atoms with Crippen molar-refractivity contribution in [1.29, 1.82) is 0 Å². The second-order valence-corrected chi connectivity index (χ2v) is 6.06. The summed E-state index contributed by atoms with van der Waals surface area (Å²) in [6, 6.07) is 8.54. The molecule has 0 heterocycles. The summed E-state index contributed by atoms with van der Waals surface area (Å²) in [6.07, 6.45) is 5.72. The van der Waals surface area contributed by atoms with Crippen LogP contribution in [0, 0.1) is 5.92 Å². The van der Waals surface area contributed by atoms with Crippen LogP contribution in [0.25, 0.3) is 0 Å². The van der Waals surface area contributed by atoms with Crippen molar-refractivity contribution in [2.45, 2.75) is 51.7 Å². The summed E-state index contributed by atoms with van der Waals surface area (Å²) in [7, 11) is 0. The zero-order valence-corrected chi connectivity index (χ0v) is 12.8. The minimum absolute atomic E-state index is 0.215. The predicted molar refractivity (Wildman–Crippen MR) is 84.0 cm³/mol. The van der Waals surface area contributed by atoms with Gasteiger partial charge in [-0.1, -0.05) is 25.0 Å². The van der Waals surface area contributed by atoms with Gasteiger partial charge in [-0.15, -0.1) is 0 Å². The largest absolute Gasteiger partial charge is 0.491 e. The lowest BCUT2D eigenvalue weighted by Gasteiger charge is -2.18. The maximum Gasteiger partial charge on any atom is 0.119 e. The molecule has 3 nitrogen and oxygen atoms in total. The van der Waals surface area contributed by atoms with Gasteiger partial charge < -0.3 is 15.8 Å². The van der Waals surface area contributed by atoms with E-state index >= 15 is 0 Å². The minimum Gasteiger partial charge on any atom is -0.491 e. The topological polar surface area (TPSA) is 47.3 Å². The first-order valence-electron chi connectivity index (χ1n) is 7.89. The molecule has 0 radical (unpaired) electrons. The Morgan fingerprint density at radius 3 is 2.50 bits per heavy atom. The van der Waals surface area contributed by atoms with Crippen LogP contribution in [0.4, 0.5) is 0 Å². The van der Waals surface area contributed by atoms with Crippen molar-refractivity contribution in [2.24, 2.45) is 11.7 Å². The van der Waals surface area contributed by atoms with Gasteiger partial charge in [0.1, 0.15) is 5.75 Å². The van der Waals surface area contributed by atoms with Crippen molar-refractivity contribution < 1.29 is 4.74 Å². The molecule has 1 saturated carbocycles. The molecular formula is C17H28N2O. The van der Waals surface area contributed by atoms with Crippen molar-refractivity contribution in [3.05, 3.63) is 29.8 Å². The summed E-state index contributed by atoms with van der Waals surface area (Å²) >= 11 is 0. The quantitative estimate of drug-likeness (QED) is 0.681. The molecule has 112 valence electrons. The van der Waals surface area contributed by atoms with Crippen molar-refractivity contribution >= 4 is 0 Å². The summed E-state index contributed by atoms with van der Waals surface area (Å²) in [5, 5.41) is 3.56. The van der Waals surface area contributed by atoms with Crippen LogP contribution < -0.4 is 15.8 Å². The Balaban J connectivity index is 1.79. The van der Waals surface area contributed by atoms with E-state index in [1.54, 1.807) is 0 Å². The minimum atomic E-state index is 0.215. The second-order valence-electron chi connectivity index (χ2n) is 6.06. The molecule has 1 aromatic rings. The summed E-state index contributed by atoms with van der Waals surface area (Å²) in [6.45, 7) is 5.77. The van der Waals surface area contributed by atoms with Crippen LogP contribution in [-0.2, 0) is 0 Å². The van der Waals surface area contributed by atoms with Gasteiger partial charge in [0, 0.05) is 12.6 Å². The van der Waals surface area contributed by atoms with Crippen LogP contribution in [0.5, 0.6) is 5.75 Å². The number of ether oxygens (including phenoxy) is 1. The molecule has 1 atom stereocenters. The molecule has 2 rings (SSSR count). The molecular weight excluding hydrogens is 248 g/mol. The van der Waals surface area contributed by atoms with Crippen LogP contribution in [0.15, 0.2) is 24.3 Å². The third-order valence-electron chi connectivity index (χ3n) is 3.77. The van der Waals surface area contributed by atoms with Crippen molar-refractivity contribution in [3.63, 3.8) is 0 Å². The number of hydrogen-bond acceptors (Lipinski definition) is 3. The summed E-state index contributed by atoms with van der Waals surface area (Å²) in [5.74, 6) is 1.94. The highest BCUT2D eigenvalue weighted by molar-refractivity contribution is 5.29. The summed E-state index contributed by atoms with van der Waals surface area (Å²) in [5.41, 5.74) is 7.13. The van der Waals surface area contributed by atoms with Gasteiger partial charge in [-0.2, -0.15) is 0 Å². The number of nitrogens with one attached hydrogen (secondary N) is 1. The van der Waals surface area contributed by atoms with E-state index in [9.17, 15) is 0 Å². The van der Waals surface area contributed by atoms with E-state index in [2.05, 4.69) is 17.4 Å². The van der Waals surface area contributed by atoms with E-state index in [0.717, 1.165) is 18.2 Å². The van der Waals surface area contributed by atoms with Gasteiger partial charge in [-0.05, 0) is 56.8 Å². The summed E-state index contributed by atoms with van der Waals surface area (Å²) in [4.78, 5) is 0. The van der Waals surface area contributed by atoms with Gasteiger partial charge in [-0.3, -0.25) is 0 Å². The molecule has 20 heavy (non-hydrogen) atoms. The highest BCUT2D eigenvalue weighted by Gasteiger charge is 2.20. The molecule has 3 heteroatoms. The summed E-state index contributed by atoms with van der Waals surface area (Å²) < 4.78 is 5.66. The number of hydrogen-bond donors (Lipinski definition) is 2. The molecule has 0 amide bonds. The highest BCUT2D eigenvalue weighted by atomic mass is 16.5. The number of benzene rings is 1. The standard InChI is InChI=1S/C17H28N2O/c1-13(2)20-16-9-7-15(8-10-16)17(12-18)19-11-3-4-14-5-6-14/h7-10,13-14,17,19H,3-6,11-12,18H2,1-2H3. The normalized spacial score (nSPS) is 16.4. The Morgan fingerprint density at radius 1 is 1.25 bits per heavy atom. The lowest BCUT2D eigenvalue weighted by molar-refractivity contribution is 0.242. The Hall–Kier alpha value is -1.06. The Morgan fingerprint density at radius 2 is 1.95 bits per heavy atom. The van der Waals surface area contributed by atoms with E-state index in [1.807, 2.05) is 26.0 Å². The Bertz CT molecular complexity index is 384. The maximum absolute atomic E-state index is 5.88. The highest BCUT2D eigenvalue weighted by Crippen LogP contribution is 2.33. The fourth-order valence-corrected chi connectivity index (χ4v) is 2.46. The average Bonchev–Trinajstić information content (AvgIpc) is 3.24. The van der Waals surface area contributed by atoms with E-state index < -0.39 is 0 Å². The molecule has 1 aromatic carbocycles. The molecule has 1 unspecified atom stereocenters. The van der Waals surface area contributed by atoms with Gasteiger partial charge >= 0.3 is 0 Å². The van der Waals surface area contributed by atoms with E-state index in [4.69, 9.17) is 10.5 Å². The maximum atomic E-state index is 5.88. The molecule has 0 spiro atoms. The monoisotopic (exact) mass is 276 g/mol. The molecule has 0 bridgehead atoms. The zero-order chi connectivity index (χ0) is 14.4. The Kier molecular flexibility index (Phi) is 5.86. The van der Waals surface area contributed by atoms with Crippen LogP contribution in [-0.4, -0.2) is 19.2 Å². The third-order valence-corrected chi connectivity index (χ3v) is 3.77. The third kappa shape index (κ3) is 5.14. The molecule has 1 aliphatic carbocycles. The molecule has 0 saturated heterocycles. The first kappa shape index (κ1) is 15.3. The van der Waals surface area contributed by atoms with Crippen LogP contribution in [0.1, 0.15) is 51.1 Å². The second kappa shape index (κ2) is 7.65. The SMILES string of the molecule is CC(C)Oc1ccc(C(CN)NCCCC2CC2)cc1. The number of rotatable bonds is 9. The fraction of sp³-hybridized carbons (Fsp3) is 0.647. The van der Waals surface area contributed by atoms with Crippen molar-refractivity contribution in [1.82, 2.24) is 5.32 Å². The smallest absolute Gasteiger partial charge is 0.119 e. The lowest BCUT2D eigenvalue weighted by atomic mass is 10.1. The molecule has 0 aromatic heterocycles. The molecule has 3 N–H and O–H groups in total. The van der Waals surface area contributed by atoms with Gasteiger partial charge in [-0.25, -0.2) is 0 Å². The lowest BCUT2D eigenvalue weighted by Crippen LogP contribution is -2.29. The van der Waals surface area contributed by atoms with Gasteiger partial charge in [0.15, 0.2) is 0 Å². The van der Waals surface area contributed by atoms with Gasteiger partial charge in [0.25, 0.3) is 0 Å².